The molecule has 0 aliphatic heterocycles. The topological polar surface area (TPSA) is 52.0 Å². The number of nitrogens with two attached hydrogens (primary N) is 2. The van der Waals surface area contributed by atoms with Crippen molar-refractivity contribution in [3.63, 3.8) is 0 Å². The van der Waals surface area contributed by atoms with Crippen LogP contribution < -0.4 is 10.8 Å². The number of halogens is 22. The molecule has 0 fully saturated rings. The number of hydrogen-bond acceptors (Lipinski definition) is 2. The average Bonchev–Trinajstić information content (AvgIpc) is 2.89. The van der Waals surface area contributed by atoms with Crippen molar-refractivity contribution in [2.45, 2.75) is 149 Å². The van der Waals surface area contributed by atoms with Crippen LogP contribution in [0.3, 0.4) is 0 Å². The molecule has 4 N–H and O–H groups in total. The van der Waals surface area contributed by atoms with Gasteiger partial charge in [0.05, 0.1) is 0 Å². The predicted molar refractivity (Wildman–Crippen MR) is 131 cm³/mol. The summed E-state index contributed by atoms with van der Waals surface area (Å²) in [5.74, 6) is -55.9. The molecule has 0 aromatic heterocycles. The third-order valence-electron chi connectivity index (χ3n) is 7.47. The summed E-state index contributed by atoms with van der Waals surface area (Å²) in [6, 6.07) is 0.274. The molecule has 0 saturated carbocycles. The molecule has 0 aromatic rings. The molecule has 0 atom stereocenters. The van der Waals surface area contributed by atoms with Crippen LogP contribution in [0.5, 0.6) is 0 Å². The number of alkyl halides is 22. The zero-order valence-electron chi connectivity index (χ0n) is 24.9. The summed E-state index contributed by atoms with van der Waals surface area (Å²) in [5, 5.41) is 11.9. The van der Waals surface area contributed by atoms with Crippen LogP contribution in [0.4, 0.5) is 96.6 Å². The third-order valence-corrected chi connectivity index (χ3v) is 10.0. The van der Waals surface area contributed by atoms with Gasteiger partial charge < -0.3 is 10.8 Å². The summed E-state index contributed by atoms with van der Waals surface area (Å²) >= 11 is 0. The van der Waals surface area contributed by atoms with Crippen molar-refractivity contribution in [1.82, 2.24) is 0 Å². The lowest BCUT2D eigenvalue weighted by Gasteiger charge is -2.37. The molecule has 0 saturated heterocycles. The molecule has 0 aliphatic rings. The lowest BCUT2D eigenvalue weighted by Crippen LogP contribution is -2.66. The van der Waals surface area contributed by atoms with E-state index in [0.717, 1.165) is 0 Å². The van der Waals surface area contributed by atoms with Crippen molar-refractivity contribution >= 4 is 8.40 Å². The summed E-state index contributed by atoms with van der Waals surface area (Å²) < 4.78 is 286. The number of hydrogen-bond donors (Lipinski definition) is 2. The minimum atomic E-state index is -7.48. The lowest BCUT2D eigenvalue weighted by atomic mass is 9.94. The first kappa shape index (κ1) is 47.6. The molecule has 0 heterocycles. The van der Waals surface area contributed by atoms with E-state index < -0.39 is 93.8 Å². The molecule has 25 heteroatoms. The maximum Gasteiger partial charge on any atom is 0.460 e. The van der Waals surface area contributed by atoms with Gasteiger partial charge in [-0.3, -0.25) is 0 Å². The highest BCUT2D eigenvalue weighted by atomic mass is 28.3. The summed E-state index contributed by atoms with van der Waals surface area (Å²) in [7, 11) is -2.99. The first-order chi connectivity index (χ1) is 21.4. The highest BCUT2D eigenvalue weighted by molar-refractivity contribution is 6.73. The molecule has 0 bridgehead atoms. The SMILES string of the molecule is N[Si](N)(CCCCCCCC(F)(F)C(F)(F)C(F)(F)C(F)(F)C(F)(F)F)CCCCCCCC(F)(F)C(F)(F)C(F)(F)C(F)(F)C(F)(F)F. The van der Waals surface area contributed by atoms with E-state index in [1.165, 1.54) is 0 Å². The van der Waals surface area contributed by atoms with Crippen LogP contribution in [0.1, 0.15) is 77.0 Å². The van der Waals surface area contributed by atoms with E-state index in [9.17, 15) is 96.6 Å². The maximum absolute atomic E-state index is 13.7. The van der Waals surface area contributed by atoms with E-state index in [1.807, 2.05) is 0 Å². The standard InChI is InChI=1S/C24H32F22N2Si/c25-15(26,17(29,30)19(33,34)21(37,38)23(41,42)43)11-7-3-1-5-9-13-49(47,48)14-10-6-2-4-8-12-16(27,28)18(31,32)20(35,36)22(39,40)24(44,45)46/h1-14,47-48H2. The second-order valence-electron chi connectivity index (χ2n) is 11.6. The number of unbranched alkanes of at least 4 members (excludes halogenated alkanes) is 8. The van der Waals surface area contributed by atoms with Gasteiger partial charge in [0.15, 0.2) is 8.40 Å². The summed E-state index contributed by atoms with van der Waals surface area (Å²) in [5.41, 5.74) is 0. The smallest absolute Gasteiger partial charge is 0.339 e. The lowest BCUT2D eigenvalue weighted by molar-refractivity contribution is -0.422. The Hall–Kier alpha value is -1.40. The van der Waals surface area contributed by atoms with Gasteiger partial charge in [0.2, 0.25) is 0 Å². The normalized spacial score (nSPS) is 15.7. The van der Waals surface area contributed by atoms with Crippen LogP contribution in [0.25, 0.3) is 0 Å². The first-order valence-electron chi connectivity index (χ1n) is 14.1. The molecular formula is C24H32F22N2Si. The Labute approximate surface area is 265 Å². The van der Waals surface area contributed by atoms with Gasteiger partial charge in [0.1, 0.15) is 0 Å². The Morgan fingerprint density at radius 1 is 0.286 bits per heavy atom. The van der Waals surface area contributed by atoms with Crippen LogP contribution >= 0.6 is 0 Å². The van der Waals surface area contributed by atoms with E-state index >= 15 is 0 Å². The van der Waals surface area contributed by atoms with Gasteiger partial charge in [0, 0.05) is 12.8 Å². The van der Waals surface area contributed by atoms with Crippen LogP contribution in [0.2, 0.25) is 12.1 Å². The van der Waals surface area contributed by atoms with Crippen LogP contribution in [-0.2, 0) is 0 Å². The molecule has 296 valence electrons. The molecule has 49 heavy (non-hydrogen) atoms. The fourth-order valence-electron chi connectivity index (χ4n) is 4.31. The van der Waals surface area contributed by atoms with Gasteiger partial charge in [-0.05, 0) is 24.9 Å². The quantitative estimate of drug-likeness (QED) is 0.0652. The summed E-state index contributed by atoms with van der Waals surface area (Å²) in [4.78, 5) is 0. The first-order valence-corrected chi connectivity index (χ1v) is 16.7. The highest BCUT2D eigenvalue weighted by Gasteiger charge is 2.88. The van der Waals surface area contributed by atoms with Gasteiger partial charge >= 0.3 is 59.7 Å². The van der Waals surface area contributed by atoms with Crippen molar-refractivity contribution in [3.8, 4) is 0 Å². The second kappa shape index (κ2) is 15.7. The van der Waals surface area contributed by atoms with Crippen molar-refractivity contribution in [3.05, 3.63) is 0 Å². The minimum absolute atomic E-state index is 0.0370. The highest BCUT2D eigenvalue weighted by Crippen LogP contribution is 2.59. The average molecular weight is 795 g/mol. The molecule has 0 spiro atoms. The summed E-state index contributed by atoms with van der Waals surface area (Å²) in [6.07, 6.45) is -20.9. The van der Waals surface area contributed by atoms with E-state index in [-0.39, 0.29) is 63.5 Å². The Balaban J connectivity index is 4.58. The zero-order chi connectivity index (χ0) is 39.4. The van der Waals surface area contributed by atoms with Gasteiger partial charge in [0.25, 0.3) is 0 Å². The fourth-order valence-corrected chi connectivity index (χ4v) is 6.38. The molecule has 0 aliphatic carbocycles. The van der Waals surface area contributed by atoms with E-state index in [1.54, 1.807) is 0 Å². The van der Waals surface area contributed by atoms with Crippen LogP contribution in [-0.4, -0.2) is 68.1 Å². The fraction of sp³-hybridized carbons (Fsp3) is 1.00. The second-order valence-corrected chi connectivity index (χ2v) is 15.1. The molecule has 0 rings (SSSR count). The van der Waals surface area contributed by atoms with Gasteiger partial charge in [-0.25, -0.2) is 0 Å². The molecule has 0 unspecified atom stereocenters. The maximum atomic E-state index is 13.7. The van der Waals surface area contributed by atoms with Gasteiger partial charge in [-0.2, -0.15) is 96.6 Å². The molecule has 0 aromatic carbocycles. The van der Waals surface area contributed by atoms with E-state index in [2.05, 4.69) is 0 Å². The molecule has 0 radical (unpaired) electrons. The monoisotopic (exact) mass is 794 g/mol. The Kier molecular flexibility index (Phi) is 15.2. The third kappa shape index (κ3) is 10.4. The molecular weight excluding hydrogens is 762 g/mol. The van der Waals surface area contributed by atoms with Gasteiger partial charge in [-0.1, -0.05) is 51.4 Å². The van der Waals surface area contributed by atoms with Crippen molar-refractivity contribution < 1.29 is 96.6 Å². The summed E-state index contributed by atoms with van der Waals surface area (Å²) in [6.45, 7) is 0. The largest absolute Gasteiger partial charge is 0.460 e. The predicted octanol–water partition coefficient (Wildman–Crippen LogP) is 11.2. The molecule has 2 nitrogen and oxygen atoms in total. The Morgan fingerprint density at radius 2 is 0.510 bits per heavy atom. The van der Waals surface area contributed by atoms with E-state index in [4.69, 9.17) is 10.8 Å². The Morgan fingerprint density at radius 3 is 0.755 bits per heavy atom. The number of rotatable bonds is 22. The van der Waals surface area contributed by atoms with Crippen molar-refractivity contribution in [2.24, 2.45) is 10.8 Å². The van der Waals surface area contributed by atoms with E-state index in [0.29, 0.717) is 0 Å². The Bertz CT molecular complexity index is 943. The van der Waals surface area contributed by atoms with Crippen molar-refractivity contribution in [1.29, 1.82) is 0 Å². The zero-order valence-corrected chi connectivity index (χ0v) is 25.9. The van der Waals surface area contributed by atoms with Crippen molar-refractivity contribution in [2.75, 3.05) is 0 Å². The van der Waals surface area contributed by atoms with Gasteiger partial charge in [-0.15, -0.1) is 0 Å². The van der Waals surface area contributed by atoms with Crippen LogP contribution in [0.15, 0.2) is 0 Å². The van der Waals surface area contributed by atoms with Crippen LogP contribution in [0, 0.1) is 0 Å². The minimum Gasteiger partial charge on any atom is -0.339 e. The molecule has 0 amide bonds.